The molecule has 0 radical (unpaired) electrons. The van der Waals surface area contributed by atoms with Gasteiger partial charge in [0.05, 0.1) is 18.8 Å². The monoisotopic (exact) mass is 263 g/mol. The summed E-state index contributed by atoms with van der Waals surface area (Å²) in [5.41, 5.74) is 0.909. The van der Waals surface area contributed by atoms with Crippen LogP contribution in [-0.2, 0) is 11.8 Å². The second-order valence-corrected chi connectivity index (χ2v) is 5.00. The van der Waals surface area contributed by atoms with Gasteiger partial charge in [-0.15, -0.1) is 0 Å². The average molecular weight is 263 g/mol. The lowest BCUT2D eigenvalue weighted by molar-refractivity contribution is -0.129. The van der Waals surface area contributed by atoms with Crippen LogP contribution >= 0.6 is 0 Å². The molecule has 104 valence electrons. The first-order valence-electron chi connectivity index (χ1n) is 6.79. The van der Waals surface area contributed by atoms with Crippen molar-refractivity contribution in [2.75, 3.05) is 13.2 Å². The fourth-order valence-corrected chi connectivity index (χ4v) is 2.45. The molecule has 0 aromatic carbocycles. The minimum absolute atomic E-state index is 0.0233. The van der Waals surface area contributed by atoms with Crippen LogP contribution in [-0.4, -0.2) is 44.9 Å². The Morgan fingerprint density at radius 3 is 3.05 bits per heavy atom. The van der Waals surface area contributed by atoms with Crippen LogP contribution in [0.15, 0.2) is 18.5 Å². The molecular weight excluding hydrogens is 242 g/mol. The third kappa shape index (κ3) is 3.67. The summed E-state index contributed by atoms with van der Waals surface area (Å²) in [6, 6.07) is -0.0338. The van der Waals surface area contributed by atoms with Crippen LogP contribution in [0.5, 0.6) is 0 Å². The van der Waals surface area contributed by atoms with E-state index in [9.17, 15) is 9.90 Å². The summed E-state index contributed by atoms with van der Waals surface area (Å²) in [7, 11) is 1.84. The normalized spacial score (nSPS) is 20.7. The van der Waals surface area contributed by atoms with Gasteiger partial charge >= 0.3 is 0 Å². The summed E-state index contributed by atoms with van der Waals surface area (Å²) >= 11 is 0. The second kappa shape index (κ2) is 6.52. The van der Waals surface area contributed by atoms with E-state index in [-0.39, 0.29) is 18.6 Å². The Morgan fingerprint density at radius 2 is 2.37 bits per heavy atom. The van der Waals surface area contributed by atoms with E-state index in [1.165, 1.54) is 0 Å². The number of amides is 1. The largest absolute Gasteiger partial charge is 0.394 e. The highest BCUT2D eigenvalue weighted by molar-refractivity contribution is 5.92. The van der Waals surface area contributed by atoms with Crippen LogP contribution in [0.3, 0.4) is 0 Å². The van der Waals surface area contributed by atoms with Crippen molar-refractivity contribution in [2.24, 2.45) is 7.05 Å². The summed E-state index contributed by atoms with van der Waals surface area (Å²) in [6.45, 7) is 0.786. The molecule has 1 saturated heterocycles. The molecule has 1 aliphatic heterocycles. The highest BCUT2D eigenvalue weighted by Gasteiger charge is 2.23. The molecule has 1 aromatic heterocycles. The number of likely N-dealkylation sites (tertiary alicyclic amines) is 1. The molecule has 0 spiro atoms. The van der Waals surface area contributed by atoms with Gasteiger partial charge < -0.3 is 10.0 Å². The number of carbonyl (C=O) groups excluding carboxylic acids is 1. The third-order valence-electron chi connectivity index (χ3n) is 3.51. The molecule has 0 saturated carbocycles. The zero-order valence-electron chi connectivity index (χ0n) is 11.3. The van der Waals surface area contributed by atoms with Gasteiger partial charge in [-0.05, 0) is 18.9 Å². The van der Waals surface area contributed by atoms with Crippen molar-refractivity contribution in [3.05, 3.63) is 24.0 Å². The van der Waals surface area contributed by atoms with Crippen LogP contribution < -0.4 is 0 Å². The fourth-order valence-electron chi connectivity index (χ4n) is 2.45. The number of aryl methyl sites for hydroxylation is 1. The number of aliphatic hydroxyl groups excluding tert-OH is 1. The molecule has 1 fully saturated rings. The SMILES string of the molecule is Cn1cc(/C=C/C(=O)N2CCCCCC2CO)cn1. The molecule has 1 amide bonds. The molecule has 2 heterocycles. The first-order chi connectivity index (χ1) is 9.20. The van der Waals surface area contributed by atoms with E-state index in [1.54, 1.807) is 27.9 Å². The van der Waals surface area contributed by atoms with E-state index in [4.69, 9.17) is 0 Å². The topological polar surface area (TPSA) is 58.4 Å². The maximum absolute atomic E-state index is 12.2. The Hall–Kier alpha value is -1.62. The molecular formula is C14H21N3O2. The summed E-state index contributed by atoms with van der Waals surface area (Å²) in [5.74, 6) is -0.0233. The van der Waals surface area contributed by atoms with Gasteiger partial charge in [0.1, 0.15) is 0 Å². The van der Waals surface area contributed by atoms with Crippen LogP contribution in [0.1, 0.15) is 31.2 Å². The van der Waals surface area contributed by atoms with Crippen LogP contribution in [0.2, 0.25) is 0 Å². The summed E-state index contributed by atoms with van der Waals surface area (Å²) in [4.78, 5) is 14.0. The molecule has 1 atom stereocenters. The number of hydrogen-bond acceptors (Lipinski definition) is 3. The van der Waals surface area contributed by atoms with Crippen LogP contribution in [0.25, 0.3) is 6.08 Å². The Labute approximate surface area is 113 Å². The van der Waals surface area contributed by atoms with E-state index in [2.05, 4.69) is 5.10 Å². The Balaban J connectivity index is 2.02. The number of aromatic nitrogens is 2. The van der Waals surface area contributed by atoms with E-state index in [0.29, 0.717) is 0 Å². The Kier molecular flexibility index (Phi) is 4.74. The quantitative estimate of drug-likeness (QED) is 0.834. The molecule has 2 rings (SSSR count). The van der Waals surface area contributed by atoms with Gasteiger partial charge in [0.15, 0.2) is 0 Å². The maximum atomic E-state index is 12.2. The van der Waals surface area contributed by atoms with Gasteiger partial charge in [-0.2, -0.15) is 5.10 Å². The maximum Gasteiger partial charge on any atom is 0.246 e. The van der Waals surface area contributed by atoms with Crippen molar-refractivity contribution in [2.45, 2.75) is 31.7 Å². The zero-order valence-corrected chi connectivity index (χ0v) is 11.3. The van der Waals surface area contributed by atoms with Crippen LogP contribution in [0, 0.1) is 0 Å². The van der Waals surface area contributed by atoms with Crippen molar-refractivity contribution in [1.29, 1.82) is 0 Å². The number of nitrogens with zero attached hydrogens (tertiary/aromatic N) is 3. The molecule has 1 aliphatic rings. The molecule has 0 bridgehead atoms. The predicted molar refractivity (Wildman–Crippen MR) is 73.3 cm³/mol. The minimum Gasteiger partial charge on any atom is -0.394 e. The lowest BCUT2D eigenvalue weighted by Crippen LogP contribution is -2.41. The van der Waals surface area contributed by atoms with Gasteiger partial charge in [0, 0.05) is 31.4 Å². The molecule has 19 heavy (non-hydrogen) atoms. The molecule has 1 unspecified atom stereocenters. The number of hydrogen-bond donors (Lipinski definition) is 1. The first kappa shape index (κ1) is 13.8. The molecule has 1 N–H and O–H groups in total. The number of aliphatic hydroxyl groups is 1. The Bertz CT molecular complexity index is 453. The van der Waals surface area contributed by atoms with Gasteiger partial charge in [-0.1, -0.05) is 12.8 Å². The number of rotatable bonds is 3. The summed E-state index contributed by atoms with van der Waals surface area (Å²) < 4.78 is 1.70. The second-order valence-electron chi connectivity index (χ2n) is 5.00. The molecule has 0 aliphatic carbocycles. The molecule has 5 nitrogen and oxygen atoms in total. The molecule has 1 aromatic rings. The van der Waals surface area contributed by atoms with Crippen molar-refractivity contribution >= 4 is 12.0 Å². The lowest BCUT2D eigenvalue weighted by Gasteiger charge is -2.27. The van der Waals surface area contributed by atoms with Crippen molar-refractivity contribution in [3.63, 3.8) is 0 Å². The van der Waals surface area contributed by atoms with E-state index in [1.807, 2.05) is 13.2 Å². The smallest absolute Gasteiger partial charge is 0.246 e. The third-order valence-corrected chi connectivity index (χ3v) is 3.51. The van der Waals surface area contributed by atoms with Gasteiger partial charge in [-0.25, -0.2) is 0 Å². The molecule has 5 heteroatoms. The minimum atomic E-state index is -0.0338. The first-order valence-corrected chi connectivity index (χ1v) is 6.79. The zero-order chi connectivity index (χ0) is 13.7. The standard InChI is InChI=1S/C14H21N3O2/c1-16-10-12(9-15-16)6-7-14(19)17-8-4-2-3-5-13(17)11-18/h6-7,9-10,13,18H,2-5,8,11H2,1H3/b7-6+. The summed E-state index contributed by atoms with van der Waals surface area (Å²) in [6.07, 6.45) is 11.0. The highest BCUT2D eigenvalue weighted by Crippen LogP contribution is 2.17. The van der Waals surface area contributed by atoms with Crippen molar-refractivity contribution in [3.8, 4) is 0 Å². The van der Waals surface area contributed by atoms with Gasteiger partial charge in [-0.3, -0.25) is 9.48 Å². The van der Waals surface area contributed by atoms with Crippen molar-refractivity contribution < 1.29 is 9.90 Å². The highest BCUT2D eigenvalue weighted by atomic mass is 16.3. The average Bonchev–Trinajstić information content (AvgIpc) is 2.69. The lowest BCUT2D eigenvalue weighted by atomic mass is 10.1. The fraction of sp³-hybridized carbons (Fsp3) is 0.571. The van der Waals surface area contributed by atoms with Gasteiger partial charge in [0.25, 0.3) is 0 Å². The number of carbonyl (C=O) groups is 1. The van der Waals surface area contributed by atoms with E-state index >= 15 is 0 Å². The van der Waals surface area contributed by atoms with Crippen molar-refractivity contribution in [1.82, 2.24) is 14.7 Å². The van der Waals surface area contributed by atoms with Gasteiger partial charge in [0.2, 0.25) is 5.91 Å². The van der Waals surface area contributed by atoms with Crippen LogP contribution in [0.4, 0.5) is 0 Å². The Morgan fingerprint density at radius 1 is 1.53 bits per heavy atom. The van der Waals surface area contributed by atoms with E-state index < -0.39 is 0 Å². The predicted octanol–water partition coefficient (Wildman–Crippen LogP) is 1.20. The van der Waals surface area contributed by atoms with E-state index in [0.717, 1.165) is 37.8 Å². The summed E-state index contributed by atoms with van der Waals surface area (Å²) in [5, 5.41) is 13.4.